The summed E-state index contributed by atoms with van der Waals surface area (Å²) in [7, 11) is -0.469. The van der Waals surface area contributed by atoms with Crippen molar-refractivity contribution < 1.29 is 18.1 Å². The first-order valence-electron chi connectivity index (χ1n) is 9.49. The molecular formula is C18H29N5O5S. The second kappa shape index (κ2) is 10.5. The van der Waals surface area contributed by atoms with E-state index >= 15 is 0 Å². The number of nitrogens with zero attached hydrogens (tertiary/aromatic N) is 2. The fourth-order valence-corrected chi connectivity index (χ4v) is 4.29. The lowest BCUT2D eigenvalue weighted by molar-refractivity contribution is -0.385. The molecule has 1 aromatic rings. The summed E-state index contributed by atoms with van der Waals surface area (Å²) >= 11 is 0. The third-order valence-corrected chi connectivity index (χ3v) is 6.61. The van der Waals surface area contributed by atoms with Crippen molar-refractivity contribution >= 4 is 21.7 Å². The van der Waals surface area contributed by atoms with Crippen LogP contribution in [0.3, 0.4) is 0 Å². The second-order valence-electron chi connectivity index (χ2n) is 7.10. The van der Waals surface area contributed by atoms with Crippen molar-refractivity contribution in [2.75, 3.05) is 40.4 Å². The van der Waals surface area contributed by atoms with Gasteiger partial charge < -0.3 is 15.4 Å². The van der Waals surface area contributed by atoms with E-state index in [1.54, 1.807) is 14.2 Å². The first-order valence-corrected chi connectivity index (χ1v) is 11.0. The number of benzene rings is 1. The first-order chi connectivity index (χ1) is 13.8. The highest BCUT2D eigenvalue weighted by molar-refractivity contribution is 7.89. The van der Waals surface area contributed by atoms with E-state index in [9.17, 15) is 18.5 Å². The maximum atomic E-state index is 12.3. The van der Waals surface area contributed by atoms with Gasteiger partial charge in [-0.3, -0.25) is 15.1 Å². The predicted octanol–water partition coefficient (Wildman–Crippen LogP) is 1.24. The summed E-state index contributed by atoms with van der Waals surface area (Å²) in [6.07, 6.45) is 4.53. The number of non-ortho nitro benzene ring substituents is 1. The third kappa shape index (κ3) is 6.65. The molecule has 162 valence electrons. The number of nitro benzene ring substituents is 1. The van der Waals surface area contributed by atoms with Crippen molar-refractivity contribution in [3.63, 3.8) is 0 Å². The monoisotopic (exact) mass is 427 g/mol. The van der Waals surface area contributed by atoms with Crippen molar-refractivity contribution in [3.05, 3.63) is 34.4 Å². The molecule has 0 atom stereocenters. The van der Waals surface area contributed by atoms with Crippen LogP contribution in [0.2, 0.25) is 0 Å². The highest BCUT2D eigenvalue weighted by Crippen LogP contribution is 2.43. The predicted molar refractivity (Wildman–Crippen MR) is 110 cm³/mol. The smallest absolute Gasteiger partial charge is 0.270 e. The number of nitrogens with one attached hydrogen (secondary N) is 3. The van der Waals surface area contributed by atoms with Gasteiger partial charge in [-0.2, -0.15) is 0 Å². The Balaban J connectivity index is 1.79. The molecule has 3 N–H and O–H groups in total. The van der Waals surface area contributed by atoms with Crippen LogP contribution < -0.4 is 15.4 Å². The van der Waals surface area contributed by atoms with E-state index in [2.05, 4.69) is 20.3 Å². The number of methoxy groups -OCH3 is 1. The maximum Gasteiger partial charge on any atom is 0.270 e. The third-order valence-electron chi connectivity index (χ3n) is 5.15. The largest absolute Gasteiger partial charge is 0.385 e. The normalized spacial score (nSPS) is 16.1. The summed E-state index contributed by atoms with van der Waals surface area (Å²) in [6, 6.07) is 4.95. The Morgan fingerprint density at radius 2 is 2.07 bits per heavy atom. The minimum absolute atomic E-state index is 0.112. The lowest BCUT2D eigenvalue weighted by Gasteiger charge is -2.42. The fraction of sp³-hybridized carbons (Fsp3) is 0.611. The summed E-state index contributed by atoms with van der Waals surface area (Å²) < 4.78 is 32.2. The summed E-state index contributed by atoms with van der Waals surface area (Å²) in [5.41, 5.74) is -0.0361. The van der Waals surface area contributed by atoms with Gasteiger partial charge in [0.15, 0.2) is 5.96 Å². The van der Waals surface area contributed by atoms with Crippen molar-refractivity contribution in [2.24, 2.45) is 10.4 Å². The molecule has 10 nitrogen and oxygen atoms in total. The summed E-state index contributed by atoms with van der Waals surface area (Å²) in [5.74, 6) is 0.600. The number of aliphatic imine (C=N–C) groups is 1. The summed E-state index contributed by atoms with van der Waals surface area (Å²) in [4.78, 5) is 14.2. The van der Waals surface area contributed by atoms with Gasteiger partial charge in [0.05, 0.1) is 9.82 Å². The molecule has 1 aromatic carbocycles. The molecule has 29 heavy (non-hydrogen) atoms. The Kier molecular flexibility index (Phi) is 8.35. The van der Waals surface area contributed by atoms with Crippen molar-refractivity contribution in [3.8, 4) is 0 Å². The molecule has 11 heteroatoms. The molecule has 1 aliphatic rings. The number of nitro groups is 1. The van der Waals surface area contributed by atoms with E-state index in [0.717, 1.165) is 38.5 Å². The van der Waals surface area contributed by atoms with Crippen molar-refractivity contribution in [1.29, 1.82) is 0 Å². The van der Waals surface area contributed by atoms with Crippen LogP contribution in [-0.4, -0.2) is 59.7 Å². The van der Waals surface area contributed by atoms with Crippen molar-refractivity contribution in [2.45, 2.75) is 30.6 Å². The molecule has 0 aliphatic heterocycles. The van der Waals surface area contributed by atoms with Gasteiger partial charge in [-0.15, -0.1) is 0 Å². The lowest BCUT2D eigenvalue weighted by atomic mass is 9.67. The number of hydrogen-bond donors (Lipinski definition) is 3. The molecule has 0 unspecified atom stereocenters. The zero-order chi connectivity index (χ0) is 21.3. The Labute approximate surface area is 171 Å². The topological polar surface area (TPSA) is 135 Å². The van der Waals surface area contributed by atoms with Crippen LogP contribution in [-0.2, 0) is 14.8 Å². The van der Waals surface area contributed by atoms with E-state index < -0.39 is 14.9 Å². The Morgan fingerprint density at radius 1 is 1.31 bits per heavy atom. The molecule has 1 fully saturated rings. The quantitative estimate of drug-likeness (QED) is 0.159. The average Bonchev–Trinajstić information content (AvgIpc) is 2.68. The number of sulfonamides is 1. The van der Waals surface area contributed by atoms with Gasteiger partial charge in [0.1, 0.15) is 0 Å². The molecule has 0 amide bonds. The maximum absolute atomic E-state index is 12.3. The van der Waals surface area contributed by atoms with E-state index in [1.807, 2.05) is 0 Å². The molecule has 2 rings (SSSR count). The highest BCUT2D eigenvalue weighted by Gasteiger charge is 2.36. The molecule has 1 aliphatic carbocycles. The van der Waals surface area contributed by atoms with E-state index in [-0.39, 0.29) is 22.5 Å². The van der Waals surface area contributed by atoms with Crippen molar-refractivity contribution in [1.82, 2.24) is 15.4 Å². The van der Waals surface area contributed by atoms with E-state index in [1.165, 1.54) is 24.6 Å². The molecule has 0 aromatic heterocycles. The molecule has 1 saturated carbocycles. The zero-order valence-electron chi connectivity index (χ0n) is 16.8. The second-order valence-corrected chi connectivity index (χ2v) is 8.87. The molecule has 0 spiro atoms. The Hall–Kier alpha value is -2.24. The van der Waals surface area contributed by atoms with Gasteiger partial charge in [-0.25, -0.2) is 13.1 Å². The van der Waals surface area contributed by atoms with Crippen LogP contribution in [0.25, 0.3) is 0 Å². The molecule has 0 bridgehead atoms. The van der Waals surface area contributed by atoms with Gasteiger partial charge in [0.25, 0.3) is 5.69 Å². The molecule has 0 radical (unpaired) electrons. The van der Waals surface area contributed by atoms with Gasteiger partial charge >= 0.3 is 0 Å². The van der Waals surface area contributed by atoms with Gasteiger partial charge in [0.2, 0.25) is 10.0 Å². The van der Waals surface area contributed by atoms with Crippen LogP contribution in [0, 0.1) is 15.5 Å². The van der Waals surface area contributed by atoms with Crippen LogP contribution in [0.15, 0.2) is 34.2 Å². The Bertz CT molecular complexity index is 824. The number of ether oxygens (including phenoxy) is 1. The van der Waals surface area contributed by atoms with Gasteiger partial charge in [-0.05, 0) is 30.7 Å². The Morgan fingerprint density at radius 3 is 2.66 bits per heavy atom. The minimum Gasteiger partial charge on any atom is -0.385 e. The van der Waals surface area contributed by atoms with Gasteiger partial charge in [0, 0.05) is 52.5 Å². The molecule has 0 saturated heterocycles. The minimum atomic E-state index is -3.83. The average molecular weight is 428 g/mol. The fourth-order valence-electron chi connectivity index (χ4n) is 3.22. The number of hydrogen-bond acceptors (Lipinski definition) is 6. The van der Waals surface area contributed by atoms with Crippen LogP contribution in [0.1, 0.15) is 25.7 Å². The first kappa shape index (κ1) is 23.0. The number of rotatable bonds is 11. The number of guanidine groups is 1. The highest BCUT2D eigenvalue weighted by atomic mass is 32.2. The summed E-state index contributed by atoms with van der Waals surface area (Å²) in [6.45, 7) is 1.95. The molecular weight excluding hydrogens is 398 g/mol. The van der Waals surface area contributed by atoms with Gasteiger partial charge in [-0.1, -0.05) is 12.5 Å². The molecule has 0 heterocycles. The zero-order valence-corrected chi connectivity index (χ0v) is 17.6. The standard InChI is InChI=1S/C18H29N5O5S/c1-19-17(21-14-18(7-4-8-18)9-12-28-2)20-10-11-22-29(26,27)16-6-3-5-15(13-16)23(24)25/h3,5-6,13,22H,4,7-12,14H2,1-2H3,(H2,19,20,21). The summed E-state index contributed by atoms with van der Waals surface area (Å²) in [5, 5.41) is 17.2. The SMILES string of the molecule is CN=C(NCCNS(=O)(=O)c1cccc([N+](=O)[O-])c1)NCC1(CCOC)CCC1. The van der Waals surface area contributed by atoms with E-state index in [4.69, 9.17) is 4.74 Å². The lowest BCUT2D eigenvalue weighted by Crippen LogP contribution is -2.48. The van der Waals surface area contributed by atoms with Crippen LogP contribution in [0.5, 0.6) is 0 Å². The van der Waals surface area contributed by atoms with Crippen LogP contribution in [0.4, 0.5) is 5.69 Å². The van der Waals surface area contributed by atoms with Crippen LogP contribution >= 0.6 is 0 Å². The van der Waals surface area contributed by atoms with E-state index in [0.29, 0.717) is 12.5 Å².